The first-order valence-corrected chi connectivity index (χ1v) is 8.39. The number of aryl methyl sites for hydroxylation is 2. The van der Waals surface area contributed by atoms with Crippen molar-refractivity contribution in [3.8, 4) is 11.8 Å². The summed E-state index contributed by atoms with van der Waals surface area (Å²) >= 11 is 0. The predicted octanol–water partition coefficient (Wildman–Crippen LogP) is 3.11. The Kier molecular flexibility index (Phi) is 5.07. The first kappa shape index (κ1) is 16.3. The Hall–Kier alpha value is -2.03. The van der Waals surface area contributed by atoms with Crippen molar-refractivity contribution in [2.45, 2.75) is 32.2 Å². The number of sulfonamides is 1. The van der Waals surface area contributed by atoms with E-state index < -0.39 is 10.0 Å². The molecule has 0 saturated carbocycles. The number of furan rings is 1. The molecule has 0 unspecified atom stereocenters. The normalized spacial score (nSPS) is 11.3. The lowest BCUT2D eigenvalue weighted by Crippen LogP contribution is -2.31. The molecule has 0 aliphatic heterocycles. The highest BCUT2D eigenvalue weighted by Gasteiger charge is 2.24. The van der Waals surface area contributed by atoms with Crippen LogP contribution in [0, 0.1) is 25.7 Å². The molecule has 0 spiro atoms. The van der Waals surface area contributed by atoms with Gasteiger partial charge in [-0.3, -0.25) is 0 Å². The summed E-state index contributed by atoms with van der Waals surface area (Å²) in [5.74, 6) is 6.91. The molecule has 0 N–H and O–H groups in total. The van der Waals surface area contributed by atoms with E-state index >= 15 is 0 Å². The molecule has 2 rings (SSSR count). The Labute approximate surface area is 131 Å². The lowest BCUT2D eigenvalue weighted by atomic mass is 10.2. The van der Waals surface area contributed by atoms with E-state index in [-0.39, 0.29) is 18.0 Å². The summed E-state index contributed by atoms with van der Waals surface area (Å²) in [7, 11) is -3.61. The minimum absolute atomic E-state index is 0.131. The summed E-state index contributed by atoms with van der Waals surface area (Å²) in [5.41, 5.74) is 1.01. The standard InChI is InChI=1S/C17H19NO3S/c1-4-5-12-18(13-16-9-8-15(3)21-16)22(19,20)17-10-6-14(2)7-11-17/h6-11H,12-13H2,1-3H3. The molecule has 1 aromatic heterocycles. The van der Waals surface area contributed by atoms with Crippen LogP contribution in [0.15, 0.2) is 45.7 Å². The Morgan fingerprint density at radius 3 is 2.32 bits per heavy atom. The van der Waals surface area contributed by atoms with Crippen LogP contribution in [0.4, 0.5) is 0 Å². The number of hydrogen-bond donors (Lipinski definition) is 0. The topological polar surface area (TPSA) is 50.5 Å². The summed E-state index contributed by atoms with van der Waals surface area (Å²) in [4.78, 5) is 0.263. The number of rotatable bonds is 5. The van der Waals surface area contributed by atoms with Crippen molar-refractivity contribution in [1.82, 2.24) is 4.31 Å². The fourth-order valence-electron chi connectivity index (χ4n) is 2.00. The van der Waals surface area contributed by atoms with Crippen molar-refractivity contribution in [1.29, 1.82) is 0 Å². The van der Waals surface area contributed by atoms with Crippen molar-refractivity contribution in [3.05, 3.63) is 53.5 Å². The van der Waals surface area contributed by atoms with Gasteiger partial charge in [-0.15, -0.1) is 5.92 Å². The third-order valence-corrected chi connectivity index (χ3v) is 5.03. The Bertz CT molecular complexity index is 792. The van der Waals surface area contributed by atoms with Gasteiger partial charge in [0, 0.05) is 0 Å². The fourth-order valence-corrected chi connectivity index (χ4v) is 3.31. The van der Waals surface area contributed by atoms with Crippen LogP contribution >= 0.6 is 0 Å². The van der Waals surface area contributed by atoms with Gasteiger partial charge in [-0.25, -0.2) is 8.42 Å². The average molecular weight is 317 g/mol. The lowest BCUT2D eigenvalue weighted by molar-refractivity contribution is 0.382. The molecular weight excluding hydrogens is 298 g/mol. The van der Waals surface area contributed by atoms with E-state index in [4.69, 9.17) is 4.42 Å². The van der Waals surface area contributed by atoms with E-state index in [9.17, 15) is 8.42 Å². The molecule has 4 nitrogen and oxygen atoms in total. The van der Waals surface area contributed by atoms with Crippen molar-refractivity contribution in [2.24, 2.45) is 0 Å². The highest BCUT2D eigenvalue weighted by molar-refractivity contribution is 7.89. The van der Waals surface area contributed by atoms with Gasteiger partial charge in [-0.05, 0) is 45.0 Å². The zero-order valence-electron chi connectivity index (χ0n) is 13.0. The molecule has 0 radical (unpaired) electrons. The first-order valence-electron chi connectivity index (χ1n) is 6.95. The van der Waals surface area contributed by atoms with Gasteiger partial charge in [0.05, 0.1) is 18.0 Å². The first-order chi connectivity index (χ1) is 10.4. The van der Waals surface area contributed by atoms with Gasteiger partial charge in [-0.1, -0.05) is 23.6 Å². The highest BCUT2D eigenvalue weighted by Crippen LogP contribution is 2.19. The zero-order chi connectivity index (χ0) is 16.2. The van der Waals surface area contributed by atoms with Gasteiger partial charge < -0.3 is 4.42 Å². The predicted molar refractivity (Wildman–Crippen MR) is 85.7 cm³/mol. The smallest absolute Gasteiger partial charge is 0.244 e. The summed E-state index contributed by atoms with van der Waals surface area (Å²) in [5, 5.41) is 0. The van der Waals surface area contributed by atoms with Crippen molar-refractivity contribution < 1.29 is 12.8 Å². The van der Waals surface area contributed by atoms with E-state index in [1.807, 2.05) is 19.9 Å². The minimum atomic E-state index is -3.61. The average Bonchev–Trinajstić information content (AvgIpc) is 2.89. The minimum Gasteiger partial charge on any atom is -0.465 e. The van der Waals surface area contributed by atoms with E-state index in [1.54, 1.807) is 37.3 Å². The van der Waals surface area contributed by atoms with E-state index in [1.165, 1.54) is 4.31 Å². The van der Waals surface area contributed by atoms with Gasteiger partial charge in [0.25, 0.3) is 0 Å². The largest absolute Gasteiger partial charge is 0.465 e. The molecule has 0 bridgehead atoms. The summed E-state index contributed by atoms with van der Waals surface area (Å²) < 4.78 is 32.4. The third kappa shape index (κ3) is 3.79. The van der Waals surface area contributed by atoms with Gasteiger partial charge in [0.1, 0.15) is 11.5 Å². The third-order valence-electron chi connectivity index (χ3n) is 3.22. The Morgan fingerprint density at radius 1 is 1.09 bits per heavy atom. The molecule has 116 valence electrons. The molecule has 1 aromatic carbocycles. The maximum absolute atomic E-state index is 12.8. The molecule has 1 heterocycles. The highest BCUT2D eigenvalue weighted by atomic mass is 32.2. The molecule has 0 amide bonds. The molecule has 0 fully saturated rings. The summed E-state index contributed by atoms with van der Waals surface area (Å²) in [6, 6.07) is 10.4. The molecule has 22 heavy (non-hydrogen) atoms. The lowest BCUT2D eigenvalue weighted by Gasteiger charge is -2.19. The second kappa shape index (κ2) is 6.82. The van der Waals surface area contributed by atoms with E-state index in [0.29, 0.717) is 5.76 Å². The van der Waals surface area contributed by atoms with Crippen molar-refractivity contribution in [3.63, 3.8) is 0 Å². The van der Waals surface area contributed by atoms with Crippen LogP contribution in [0.2, 0.25) is 0 Å². The molecule has 2 aromatic rings. The summed E-state index contributed by atoms with van der Waals surface area (Å²) in [6.07, 6.45) is 0. The van der Waals surface area contributed by atoms with E-state index in [2.05, 4.69) is 11.8 Å². The second-order valence-electron chi connectivity index (χ2n) is 5.03. The number of hydrogen-bond acceptors (Lipinski definition) is 3. The van der Waals surface area contributed by atoms with E-state index in [0.717, 1.165) is 11.3 Å². The molecule has 0 atom stereocenters. The molecule has 5 heteroatoms. The quantitative estimate of drug-likeness (QED) is 0.796. The fraction of sp³-hybridized carbons (Fsp3) is 0.294. The van der Waals surface area contributed by atoms with Gasteiger partial charge in [-0.2, -0.15) is 4.31 Å². The molecular formula is C17H19NO3S. The Balaban J connectivity index is 2.33. The molecule has 0 aliphatic rings. The SMILES string of the molecule is CC#CCN(Cc1ccc(C)o1)S(=O)(=O)c1ccc(C)cc1. The maximum atomic E-state index is 12.8. The summed E-state index contributed by atoms with van der Waals surface area (Å²) in [6.45, 7) is 5.73. The zero-order valence-corrected chi connectivity index (χ0v) is 13.8. The molecule has 0 aliphatic carbocycles. The van der Waals surface area contributed by atoms with Crippen LogP contribution in [0.25, 0.3) is 0 Å². The van der Waals surface area contributed by atoms with Crippen LogP contribution in [-0.2, 0) is 16.6 Å². The van der Waals surface area contributed by atoms with Crippen LogP contribution in [-0.4, -0.2) is 19.3 Å². The van der Waals surface area contributed by atoms with Crippen LogP contribution in [0.3, 0.4) is 0 Å². The van der Waals surface area contributed by atoms with Crippen LogP contribution in [0.1, 0.15) is 24.0 Å². The maximum Gasteiger partial charge on any atom is 0.244 e. The van der Waals surface area contributed by atoms with Crippen molar-refractivity contribution >= 4 is 10.0 Å². The number of nitrogens with zero attached hydrogens (tertiary/aromatic N) is 1. The monoisotopic (exact) mass is 317 g/mol. The molecule has 0 saturated heterocycles. The number of benzene rings is 1. The van der Waals surface area contributed by atoms with Gasteiger partial charge in [0.15, 0.2) is 0 Å². The van der Waals surface area contributed by atoms with Gasteiger partial charge in [0.2, 0.25) is 10.0 Å². The van der Waals surface area contributed by atoms with Gasteiger partial charge >= 0.3 is 0 Å². The van der Waals surface area contributed by atoms with Crippen LogP contribution in [0.5, 0.6) is 0 Å². The Morgan fingerprint density at radius 2 is 1.77 bits per heavy atom. The van der Waals surface area contributed by atoms with Crippen molar-refractivity contribution in [2.75, 3.05) is 6.54 Å². The van der Waals surface area contributed by atoms with Crippen LogP contribution < -0.4 is 0 Å². The second-order valence-corrected chi connectivity index (χ2v) is 6.96.